The molecular formula is C22H31IN4OS. The maximum Gasteiger partial charge on any atom is 0.251 e. The van der Waals surface area contributed by atoms with Crippen molar-refractivity contribution in [1.29, 1.82) is 0 Å². The highest BCUT2D eigenvalue weighted by Crippen LogP contribution is 2.22. The minimum atomic E-state index is -0.0605. The molecule has 0 aliphatic rings. The second kappa shape index (κ2) is 14.3. The molecule has 0 aromatic heterocycles. The highest BCUT2D eigenvalue weighted by atomic mass is 127. The van der Waals surface area contributed by atoms with Crippen LogP contribution in [0.15, 0.2) is 64.5 Å². The Hall–Kier alpha value is -1.74. The predicted molar refractivity (Wildman–Crippen MR) is 135 cm³/mol. The minimum Gasteiger partial charge on any atom is -0.357 e. The lowest BCUT2D eigenvalue weighted by molar-refractivity contribution is 0.0963. The number of guanidine groups is 1. The zero-order valence-electron chi connectivity index (χ0n) is 17.3. The van der Waals surface area contributed by atoms with Gasteiger partial charge in [0.05, 0.1) is 6.54 Å². The molecule has 0 fully saturated rings. The Morgan fingerprint density at radius 1 is 1.10 bits per heavy atom. The predicted octanol–water partition coefficient (Wildman–Crippen LogP) is 3.94. The Morgan fingerprint density at radius 3 is 2.55 bits per heavy atom. The van der Waals surface area contributed by atoms with Gasteiger partial charge in [-0.2, -0.15) is 0 Å². The first-order valence-electron chi connectivity index (χ1n) is 9.67. The number of halogens is 1. The van der Waals surface area contributed by atoms with Gasteiger partial charge in [0.1, 0.15) is 0 Å². The van der Waals surface area contributed by atoms with E-state index in [1.807, 2.05) is 42.1 Å². The van der Waals surface area contributed by atoms with Crippen molar-refractivity contribution in [3.05, 3.63) is 65.7 Å². The average molecular weight is 526 g/mol. The zero-order valence-corrected chi connectivity index (χ0v) is 20.4. The zero-order chi connectivity index (χ0) is 20.2. The second-order valence-corrected chi connectivity index (χ2v) is 7.93. The summed E-state index contributed by atoms with van der Waals surface area (Å²) in [6, 6.07) is 18.1. The van der Waals surface area contributed by atoms with Crippen LogP contribution in [0.5, 0.6) is 0 Å². The summed E-state index contributed by atoms with van der Waals surface area (Å²) in [4.78, 5) is 17.7. The summed E-state index contributed by atoms with van der Waals surface area (Å²) in [5.41, 5.74) is 1.81. The van der Waals surface area contributed by atoms with Crippen LogP contribution in [0, 0.1) is 0 Å². The number of thioether (sulfide) groups is 1. The quantitative estimate of drug-likeness (QED) is 0.201. The number of aliphatic imine (C=N–C) groups is 1. The van der Waals surface area contributed by atoms with Gasteiger partial charge in [0.2, 0.25) is 0 Å². The largest absolute Gasteiger partial charge is 0.357 e. The normalized spacial score (nSPS) is 11.9. The number of nitrogens with zero attached hydrogens (tertiary/aromatic N) is 1. The molecule has 0 aliphatic heterocycles. The van der Waals surface area contributed by atoms with E-state index in [0.717, 1.165) is 37.6 Å². The van der Waals surface area contributed by atoms with E-state index >= 15 is 0 Å². The van der Waals surface area contributed by atoms with E-state index in [2.05, 4.69) is 54.1 Å². The molecule has 2 aromatic rings. The van der Waals surface area contributed by atoms with E-state index in [4.69, 9.17) is 4.99 Å². The Morgan fingerprint density at radius 2 is 1.86 bits per heavy atom. The molecule has 0 saturated carbocycles. The molecule has 158 valence electrons. The number of rotatable bonds is 9. The topological polar surface area (TPSA) is 65.5 Å². The number of hydrogen-bond acceptors (Lipinski definition) is 3. The van der Waals surface area contributed by atoms with Gasteiger partial charge in [0.25, 0.3) is 5.91 Å². The molecule has 7 heteroatoms. The summed E-state index contributed by atoms with van der Waals surface area (Å²) in [6.45, 7) is 6.56. The fraction of sp³-hybridized carbons (Fsp3) is 0.364. The van der Waals surface area contributed by atoms with Crippen molar-refractivity contribution < 1.29 is 4.79 Å². The number of benzene rings is 2. The van der Waals surface area contributed by atoms with E-state index in [1.165, 1.54) is 4.90 Å². The molecule has 1 atom stereocenters. The van der Waals surface area contributed by atoms with Crippen molar-refractivity contribution in [3.63, 3.8) is 0 Å². The molecule has 3 N–H and O–H groups in total. The van der Waals surface area contributed by atoms with Crippen molar-refractivity contribution >= 4 is 47.6 Å². The highest BCUT2D eigenvalue weighted by molar-refractivity contribution is 14.0. The molecule has 1 unspecified atom stereocenters. The number of nitrogens with one attached hydrogen (secondary N) is 3. The molecule has 2 aromatic carbocycles. The van der Waals surface area contributed by atoms with E-state index in [9.17, 15) is 4.79 Å². The minimum absolute atomic E-state index is 0. The van der Waals surface area contributed by atoms with E-state index in [-0.39, 0.29) is 29.9 Å². The molecular weight excluding hydrogens is 495 g/mol. The summed E-state index contributed by atoms with van der Waals surface area (Å²) < 4.78 is 0. The van der Waals surface area contributed by atoms with Gasteiger partial charge in [-0.15, -0.1) is 35.7 Å². The molecule has 0 aliphatic carbocycles. The van der Waals surface area contributed by atoms with Crippen LogP contribution < -0.4 is 16.0 Å². The SMILES string of the molecule is CCNC(=NCC(C)Sc1ccccc1)NCCc1cccc(C(=O)NC)c1.I. The van der Waals surface area contributed by atoms with Gasteiger partial charge in [0, 0.05) is 35.8 Å². The van der Waals surface area contributed by atoms with Crippen molar-refractivity contribution in [2.75, 3.05) is 26.7 Å². The third kappa shape index (κ3) is 9.54. The number of carbonyl (C=O) groups is 1. The monoisotopic (exact) mass is 526 g/mol. The lowest BCUT2D eigenvalue weighted by Crippen LogP contribution is -2.38. The lowest BCUT2D eigenvalue weighted by atomic mass is 10.1. The Labute approximate surface area is 195 Å². The number of hydrogen-bond donors (Lipinski definition) is 3. The Kier molecular flexibility index (Phi) is 12.5. The fourth-order valence-electron chi connectivity index (χ4n) is 2.67. The third-order valence-electron chi connectivity index (χ3n) is 4.05. The molecule has 0 saturated heterocycles. The van der Waals surface area contributed by atoms with Crippen LogP contribution in [0.4, 0.5) is 0 Å². The summed E-state index contributed by atoms with van der Waals surface area (Å²) >= 11 is 1.83. The lowest BCUT2D eigenvalue weighted by Gasteiger charge is -2.14. The molecule has 1 amide bonds. The summed E-state index contributed by atoms with van der Waals surface area (Å²) in [5.74, 6) is 0.764. The average Bonchev–Trinajstić information content (AvgIpc) is 2.72. The second-order valence-electron chi connectivity index (χ2n) is 6.42. The van der Waals surface area contributed by atoms with Crippen LogP contribution in [-0.4, -0.2) is 43.8 Å². The van der Waals surface area contributed by atoms with Gasteiger partial charge >= 0.3 is 0 Å². The molecule has 0 spiro atoms. The standard InChI is InChI=1S/C22H30N4OS.HI/c1-4-24-22(26-16-17(2)28-20-11-6-5-7-12-20)25-14-13-18-9-8-10-19(15-18)21(27)23-3;/h5-12,15,17H,4,13-14,16H2,1-3H3,(H,23,27)(H2,24,25,26);1H. The van der Waals surface area contributed by atoms with Crippen LogP contribution in [-0.2, 0) is 6.42 Å². The van der Waals surface area contributed by atoms with Crippen LogP contribution in [0.3, 0.4) is 0 Å². The first-order valence-corrected chi connectivity index (χ1v) is 10.5. The summed E-state index contributed by atoms with van der Waals surface area (Å²) in [7, 11) is 1.65. The van der Waals surface area contributed by atoms with Crippen molar-refractivity contribution in [2.45, 2.75) is 30.4 Å². The Bertz CT molecular complexity index is 770. The molecule has 0 radical (unpaired) electrons. The number of carbonyl (C=O) groups excluding carboxylic acids is 1. The third-order valence-corrected chi connectivity index (χ3v) is 5.15. The first kappa shape index (κ1) is 25.3. The van der Waals surface area contributed by atoms with E-state index < -0.39 is 0 Å². The molecule has 2 rings (SSSR count). The summed E-state index contributed by atoms with van der Waals surface area (Å²) in [5, 5.41) is 9.72. The highest BCUT2D eigenvalue weighted by Gasteiger charge is 2.06. The molecule has 0 heterocycles. The van der Waals surface area contributed by atoms with Gasteiger partial charge < -0.3 is 16.0 Å². The van der Waals surface area contributed by atoms with E-state index in [1.54, 1.807) is 7.05 Å². The Balaban J connectivity index is 0.00000420. The molecule has 29 heavy (non-hydrogen) atoms. The van der Waals surface area contributed by atoms with Crippen LogP contribution in [0.25, 0.3) is 0 Å². The van der Waals surface area contributed by atoms with Crippen molar-refractivity contribution in [3.8, 4) is 0 Å². The van der Waals surface area contributed by atoms with Gasteiger partial charge in [0.15, 0.2) is 5.96 Å². The van der Waals surface area contributed by atoms with Gasteiger partial charge in [-0.25, -0.2) is 0 Å². The maximum atomic E-state index is 11.8. The van der Waals surface area contributed by atoms with Crippen molar-refractivity contribution in [2.24, 2.45) is 4.99 Å². The van der Waals surface area contributed by atoms with E-state index in [0.29, 0.717) is 10.8 Å². The van der Waals surface area contributed by atoms with Gasteiger partial charge in [-0.05, 0) is 43.2 Å². The fourth-order valence-corrected chi connectivity index (χ4v) is 3.60. The van der Waals surface area contributed by atoms with Crippen LogP contribution in [0.2, 0.25) is 0 Å². The summed E-state index contributed by atoms with van der Waals surface area (Å²) in [6.07, 6.45) is 0.823. The van der Waals surface area contributed by atoms with Gasteiger partial charge in [-0.3, -0.25) is 9.79 Å². The van der Waals surface area contributed by atoms with Crippen molar-refractivity contribution in [1.82, 2.24) is 16.0 Å². The van der Waals surface area contributed by atoms with Crippen LogP contribution in [0.1, 0.15) is 29.8 Å². The maximum absolute atomic E-state index is 11.8. The number of amides is 1. The molecule has 5 nitrogen and oxygen atoms in total. The van der Waals surface area contributed by atoms with Crippen LogP contribution >= 0.6 is 35.7 Å². The smallest absolute Gasteiger partial charge is 0.251 e. The molecule has 0 bridgehead atoms. The van der Waals surface area contributed by atoms with Gasteiger partial charge in [-0.1, -0.05) is 37.3 Å². The first-order chi connectivity index (χ1) is 13.6.